The van der Waals surface area contributed by atoms with Crippen molar-refractivity contribution in [2.45, 2.75) is 57.1 Å². The Hall–Kier alpha value is -3.58. The quantitative estimate of drug-likeness (QED) is 0.148. The minimum Gasteiger partial charge on any atom is -0.472 e. The predicted octanol–water partition coefficient (Wildman–Crippen LogP) is 5.99. The number of aromatic nitrogens is 4. The van der Waals surface area contributed by atoms with Gasteiger partial charge in [0.05, 0.1) is 25.1 Å². The zero-order valence-electron chi connectivity index (χ0n) is 24.8. The summed E-state index contributed by atoms with van der Waals surface area (Å²) in [6.07, 6.45) is 0.292. The van der Waals surface area contributed by atoms with Crippen molar-refractivity contribution in [1.82, 2.24) is 24.3 Å². The number of sulfonamides is 1. The molecule has 3 aromatic heterocycles. The molecule has 2 atom stereocenters. The van der Waals surface area contributed by atoms with Crippen molar-refractivity contribution in [3.8, 4) is 5.88 Å². The van der Waals surface area contributed by atoms with Gasteiger partial charge in [0.2, 0.25) is 15.9 Å². The summed E-state index contributed by atoms with van der Waals surface area (Å²) < 4.78 is 43.6. The molecule has 0 unspecified atom stereocenters. The number of hydrogen-bond acceptors (Lipinski definition) is 9. The van der Waals surface area contributed by atoms with Gasteiger partial charge in [-0.05, 0) is 83.6 Å². The van der Waals surface area contributed by atoms with Gasteiger partial charge >= 0.3 is 5.97 Å². The molecule has 10 nitrogen and oxygen atoms in total. The Labute approximate surface area is 264 Å². The first-order chi connectivity index (χ1) is 21.1. The van der Waals surface area contributed by atoms with Gasteiger partial charge in [0, 0.05) is 24.2 Å². The molecule has 0 saturated heterocycles. The minimum absolute atomic E-state index is 0.00971. The van der Waals surface area contributed by atoms with E-state index in [1.807, 2.05) is 50.5 Å². The van der Waals surface area contributed by atoms with Crippen LogP contribution < -0.4 is 4.74 Å². The van der Waals surface area contributed by atoms with Crippen LogP contribution in [-0.2, 0) is 33.1 Å². The van der Waals surface area contributed by atoms with E-state index in [0.717, 1.165) is 43.4 Å². The van der Waals surface area contributed by atoms with Crippen molar-refractivity contribution in [3.63, 3.8) is 0 Å². The van der Waals surface area contributed by atoms with Crippen molar-refractivity contribution >= 4 is 60.0 Å². The summed E-state index contributed by atoms with van der Waals surface area (Å²) in [6.45, 7) is 6.26. The second-order valence-electron chi connectivity index (χ2n) is 10.8. The van der Waals surface area contributed by atoms with E-state index >= 15 is 0 Å². The number of esters is 1. The molecule has 0 N–H and O–H groups in total. The Morgan fingerprint density at radius 2 is 2.02 bits per heavy atom. The molecule has 1 aliphatic rings. The first kappa shape index (κ1) is 30.4. The molecular formula is C31H32ClN5O5S2. The molecule has 0 aliphatic carbocycles. The van der Waals surface area contributed by atoms with Crippen LogP contribution in [0.15, 0.2) is 52.7 Å². The molecular weight excluding hydrogens is 622 g/mol. The van der Waals surface area contributed by atoms with Crippen LogP contribution in [0.2, 0.25) is 5.15 Å². The molecule has 0 amide bonds. The lowest BCUT2D eigenvalue weighted by molar-refractivity contribution is -0.143. The first-order valence-electron chi connectivity index (χ1n) is 14.4. The number of carbonyl (C=O) groups is 1. The number of thiophene rings is 1. The van der Waals surface area contributed by atoms with Crippen molar-refractivity contribution < 1.29 is 22.7 Å². The molecule has 2 aromatic carbocycles. The molecule has 230 valence electrons. The number of ether oxygens (including phenoxy) is 2. The molecule has 0 radical (unpaired) electrons. The van der Waals surface area contributed by atoms with Gasteiger partial charge in [0.1, 0.15) is 21.7 Å². The number of fused-ring (bicyclic) bond motifs is 3. The number of pyridine rings is 1. The zero-order valence-corrected chi connectivity index (χ0v) is 27.2. The monoisotopic (exact) mass is 653 g/mol. The fourth-order valence-electron chi connectivity index (χ4n) is 5.82. The molecule has 0 bridgehead atoms. The van der Waals surface area contributed by atoms with E-state index < -0.39 is 16.1 Å². The molecule has 13 heteroatoms. The lowest BCUT2D eigenvalue weighted by atomic mass is 9.84. The molecule has 0 spiro atoms. The lowest BCUT2D eigenvalue weighted by Gasteiger charge is -2.24. The highest BCUT2D eigenvalue weighted by Gasteiger charge is 2.36. The summed E-state index contributed by atoms with van der Waals surface area (Å²) in [5.41, 5.74) is 5.25. The summed E-state index contributed by atoms with van der Waals surface area (Å²) in [4.78, 5) is 17.1. The largest absolute Gasteiger partial charge is 0.472 e. The number of nitrogens with zero attached hydrogens (tertiary/aromatic N) is 5. The Morgan fingerprint density at radius 1 is 1.20 bits per heavy atom. The lowest BCUT2D eigenvalue weighted by Crippen LogP contribution is -2.36. The number of aryl methyl sites for hydroxylation is 2. The van der Waals surface area contributed by atoms with Crippen molar-refractivity contribution in [3.05, 3.63) is 75.3 Å². The molecule has 4 heterocycles. The summed E-state index contributed by atoms with van der Waals surface area (Å²) in [5, 5.41) is 11.7. The fraction of sp³-hybridized carbons (Fsp3) is 0.355. The van der Waals surface area contributed by atoms with Crippen molar-refractivity contribution in [1.29, 1.82) is 0 Å². The predicted molar refractivity (Wildman–Crippen MR) is 170 cm³/mol. The number of rotatable bonds is 8. The number of hydrogen-bond donors (Lipinski definition) is 0. The Morgan fingerprint density at radius 3 is 2.80 bits per heavy atom. The third kappa shape index (κ3) is 5.55. The summed E-state index contributed by atoms with van der Waals surface area (Å²) in [5.74, 6) is -0.654. The van der Waals surface area contributed by atoms with Gasteiger partial charge in [-0.2, -0.15) is 4.31 Å². The van der Waals surface area contributed by atoms with Gasteiger partial charge in [-0.15, -0.1) is 16.4 Å². The van der Waals surface area contributed by atoms with E-state index in [1.54, 1.807) is 22.9 Å². The van der Waals surface area contributed by atoms with E-state index in [9.17, 15) is 13.2 Å². The molecule has 1 aliphatic heterocycles. The van der Waals surface area contributed by atoms with E-state index in [4.69, 9.17) is 21.1 Å². The highest BCUT2D eigenvalue weighted by Crippen LogP contribution is 2.39. The highest BCUT2D eigenvalue weighted by molar-refractivity contribution is 7.89. The van der Waals surface area contributed by atoms with Crippen molar-refractivity contribution in [2.24, 2.45) is 7.05 Å². The van der Waals surface area contributed by atoms with Crippen LogP contribution in [-0.4, -0.2) is 57.9 Å². The number of benzene rings is 2. The fourth-order valence-corrected chi connectivity index (χ4v) is 8.35. The Balaban J connectivity index is 1.47. The van der Waals surface area contributed by atoms with Crippen molar-refractivity contribution in [2.75, 3.05) is 13.2 Å². The standard InChI is InChI=1S/C31H32ClN5O5S2/c1-5-22-17-37(44(39,40)26-9-10-27(32)33-31(26)42-22)16-21-14-20(13-19-11-12-43-30(19)21)24(15-28(38)41-6-2)23-7-8-25-29(18(23)3)34-35-36(25)4/h7-14,22,24H,5-6,15-17H2,1-4H3/t22-,24-/m1/s1. The van der Waals surface area contributed by atoms with Crippen LogP contribution in [0.1, 0.15) is 54.9 Å². The van der Waals surface area contributed by atoms with Crippen LogP contribution in [0.5, 0.6) is 5.88 Å². The normalized spacial score (nSPS) is 17.2. The number of halogens is 1. The minimum atomic E-state index is -3.97. The highest BCUT2D eigenvalue weighted by atomic mass is 35.5. The van der Waals surface area contributed by atoms with Gasteiger partial charge in [-0.1, -0.05) is 35.9 Å². The first-order valence-corrected chi connectivity index (χ1v) is 17.1. The maximum Gasteiger partial charge on any atom is 0.306 e. The third-order valence-electron chi connectivity index (χ3n) is 8.08. The molecule has 5 aromatic rings. The smallest absolute Gasteiger partial charge is 0.306 e. The van der Waals surface area contributed by atoms with E-state index in [1.165, 1.54) is 16.4 Å². The summed E-state index contributed by atoms with van der Waals surface area (Å²) in [7, 11) is -2.13. The molecule has 0 fully saturated rings. The summed E-state index contributed by atoms with van der Waals surface area (Å²) in [6, 6.07) is 13.0. The average Bonchev–Trinajstić information content (AvgIpc) is 3.60. The van der Waals surface area contributed by atoms with Crippen LogP contribution in [0.25, 0.3) is 21.1 Å². The molecule has 6 rings (SSSR count). The van der Waals surface area contributed by atoms with Crippen LogP contribution in [0.4, 0.5) is 0 Å². The van der Waals surface area contributed by atoms with Crippen LogP contribution >= 0.6 is 22.9 Å². The topological polar surface area (TPSA) is 117 Å². The third-order valence-corrected chi connectivity index (χ3v) is 11.1. The maximum absolute atomic E-state index is 14.0. The Bertz CT molecular complexity index is 1990. The second-order valence-corrected chi connectivity index (χ2v) is 14.0. The van der Waals surface area contributed by atoms with Gasteiger partial charge in [0.25, 0.3) is 0 Å². The van der Waals surface area contributed by atoms with Crippen LogP contribution in [0, 0.1) is 6.92 Å². The van der Waals surface area contributed by atoms with Gasteiger partial charge in [0.15, 0.2) is 0 Å². The summed E-state index contributed by atoms with van der Waals surface area (Å²) >= 11 is 7.64. The average molecular weight is 654 g/mol. The van der Waals surface area contributed by atoms with Crippen LogP contribution in [0.3, 0.4) is 0 Å². The zero-order chi connectivity index (χ0) is 31.2. The molecule has 0 saturated carbocycles. The van der Waals surface area contributed by atoms with Gasteiger partial charge in [-0.25, -0.2) is 18.1 Å². The SMILES string of the molecule is CCOC(=O)C[C@H](c1cc(CN2C[C@@H](CC)Oc3nc(Cl)ccc3S2(=O)=O)c2sccc2c1)c1ccc2c(nnn2C)c1C. The molecule has 44 heavy (non-hydrogen) atoms. The maximum atomic E-state index is 14.0. The van der Waals surface area contributed by atoms with E-state index in [2.05, 4.69) is 21.4 Å². The number of carbonyl (C=O) groups excluding carboxylic acids is 1. The van der Waals surface area contributed by atoms with Gasteiger partial charge in [-0.3, -0.25) is 4.79 Å². The van der Waals surface area contributed by atoms with Gasteiger partial charge < -0.3 is 9.47 Å². The Kier molecular flexibility index (Phi) is 8.35. The second kappa shape index (κ2) is 12.1. The van der Waals surface area contributed by atoms with E-state index in [0.29, 0.717) is 6.42 Å². The van der Waals surface area contributed by atoms with E-state index in [-0.39, 0.29) is 53.9 Å².